The van der Waals surface area contributed by atoms with Crippen LogP contribution in [0.5, 0.6) is 0 Å². The van der Waals surface area contributed by atoms with Gasteiger partial charge in [0.2, 0.25) is 0 Å². The van der Waals surface area contributed by atoms with Crippen LogP contribution in [0.3, 0.4) is 0 Å². The van der Waals surface area contributed by atoms with Crippen molar-refractivity contribution < 1.29 is 28.6 Å². The molecule has 0 aliphatic carbocycles. The van der Waals surface area contributed by atoms with E-state index in [4.69, 9.17) is 14.2 Å². The molecule has 434 valence electrons. The molecule has 0 heterocycles. The Bertz CT molecular complexity index is 1240. The molecule has 0 saturated heterocycles. The Hall–Kier alpha value is -2.37. The van der Waals surface area contributed by atoms with Gasteiger partial charge in [-0.05, 0) is 70.6 Å². The summed E-state index contributed by atoms with van der Waals surface area (Å²) < 4.78 is 16.9. The van der Waals surface area contributed by atoms with E-state index in [9.17, 15) is 14.4 Å². The van der Waals surface area contributed by atoms with Crippen molar-refractivity contribution in [2.45, 2.75) is 367 Å². The van der Waals surface area contributed by atoms with Crippen molar-refractivity contribution >= 4 is 17.9 Å². The van der Waals surface area contributed by atoms with Gasteiger partial charge in [0.15, 0.2) is 6.10 Å². The van der Waals surface area contributed by atoms with Crippen molar-refractivity contribution in [1.82, 2.24) is 0 Å². The molecular weight excluding hydrogens is 913 g/mol. The smallest absolute Gasteiger partial charge is 0.306 e. The van der Waals surface area contributed by atoms with Crippen LogP contribution in [0.25, 0.3) is 0 Å². The molecule has 1 unspecified atom stereocenters. The predicted octanol–water partition coefficient (Wildman–Crippen LogP) is 22.4. The van der Waals surface area contributed by atoms with Crippen molar-refractivity contribution in [1.29, 1.82) is 0 Å². The van der Waals surface area contributed by atoms with Crippen molar-refractivity contribution in [2.24, 2.45) is 0 Å². The van der Waals surface area contributed by atoms with Crippen molar-refractivity contribution in [3.05, 3.63) is 36.5 Å². The second-order valence-corrected chi connectivity index (χ2v) is 22.4. The summed E-state index contributed by atoms with van der Waals surface area (Å²) in [6.07, 6.45) is 77.3. The van der Waals surface area contributed by atoms with Gasteiger partial charge in [-0.3, -0.25) is 14.4 Å². The Labute approximate surface area is 461 Å². The van der Waals surface area contributed by atoms with E-state index >= 15 is 0 Å². The largest absolute Gasteiger partial charge is 0.462 e. The average molecular weight is 1040 g/mol. The van der Waals surface area contributed by atoms with Crippen LogP contribution in [0, 0.1) is 0 Å². The molecule has 74 heavy (non-hydrogen) atoms. The fraction of sp³-hybridized carbons (Fsp3) is 0.868. The Kier molecular flexibility index (Phi) is 61.1. The van der Waals surface area contributed by atoms with E-state index in [0.717, 1.165) is 83.5 Å². The lowest BCUT2D eigenvalue weighted by Gasteiger charge is -2.18. The van der Waals surface area contributed by atoms with Crippen LogP contribution >= 0.6 is 0 Å². The number of carbonyl (C=O) groups is 3. The monoisotopic (exact) mass is 1040 g/mol. The molecule has 1 atom stereocenters. The zero-order valence-electron chi connectivity index (χ0n) is 49.9. The van der Waals surface area contributed by atoms with E-state index in [-0.39, 0.29) is 31.1 Å². The summed E-state index contributed by atoms with van der Waals surface area (Å²) in [5.41, 5.74) is 0. The highest BCUT2D eigenvalue weighted by atomic mass is 16.6. The molecule has 0 aliphatic heterocycles. The average Bonchev–Trinajstić information content (AvgIpc) is 3.40. The maximum Gasteiger partial charge on any atom is 0.306 e. The SMILES string of the molecule is CCC/C=C\C/C=C\CCCCCCCC(=O)OCC(COC(=O)CCCCCCCCCCCCC/C=C\CCCCCCCCCC)OC(=O)CCCCCCCCCCCCCCCCCCCCCC. The van der Waals surface area contributed by atoms with Gasteiger partial charge >= 0.3 is 17.9 Å². The van der Waals surface area contributed by atoms with Crippen LogP contribution in [0.1, 0.15) is 361 Å². The fourth-order valence-corrected chi connectivity index (χ4v) is 9.89. The quantitative estimate of drug-likeness (QED) is 0.0261. The van der Waals surface area contributed by atoms with Crippen LogP contribution < -0.4 is 0 Å². The van der Waals surface area contributed by atoms with E-state index in [1.54, 1.807) is 0 Å². The first kappa shape index (κ1) is 71.6. The van der Waals surface area contributed by atoms with Crippen molar-refractivity contribution in [3.63, 3.8) is 0 Å². The van der Waals surface area contributed by atoms with Gasteiger partial charge < -0.3 is 14.2 Å². The van der Waals surface area contributed by atoms with E-state index in [1.165, 1.54) is 238 Å². The van der Waals surface area contributed by atoms with E-state index < -0.39 is 6.10 Å². The highest BCUT2D eigenvalue weighted by molar-refractivity contribution is 5.71. The molecule has 6 nitrogen and oxygen atoms in total. The molecule has 0 fully saturated rings. The Balaban J connectivity index is 4.26. The lowest BCUT2D eigenvalue weighted by molar-refractivity contribution is -0.167. The maximum absolute atomic E-state index is 12.9. The van der Waals surface area contributed by atoms with E-state index in [0.29, 0.717) is 19.3 Å². The number of carbonyl (C=O) groups excluding carboxylic acids is 3. The first-order valence-electron chi connectivity index (χ1n) is 33.0. The molecule has 0 saturated carbocycles. The van der Waals surface area contributed by atoms with Crippen LogP contribution in [0.15, 0.2) is 36.5 Å². The molecule has 0 rings (SSSR count). The Morgan fingerprint density at radius 1 is 0.270 bits per heavy atom. The topological polar surface area (TPSA) is 78.9 Å². The number of allylic oxidation sites excluding steroid dienone is 6. The zero-order chi connectivity index (χ0) is 53.6. The standard InChI is InChI=1S/C68H126O6/c1-4-7-10-13-16-19-22-25-27-29-31-33-34-35-37-38-40-43-46-49-52-55-58-61-67(70)73-64-65(63-72-66(69)60-57-54-51-48-45-42-24-21-18-15-12-9-6-3)74-68(71)62-59-56-53-50-47-44-41-39-36-32-30-28-26-23-20-17-14-11-8-5-2/h12,15,21,24,29,31,65H,4-11,13-14,16-20,22-23,25-28,30,32-64H2,1-3H3/b15-12-,24-21-,31-29-. The third kappa shape index (κ3) is 60.5. The highest BCUT2D eigenvalue weighted by Crippen LogP contribution is 2.18. The lowest BCUT2D eigenvalue weighted by atomic mass is 10.0. The van der Waals surface area contributed by atoms with Crippen LogP contribution in [-0.4, -0.2) is 37.2 Å². The predicted molar refractivity (Wildman–Crippen MR) is 321 cm³/mol. The molecule has 0 bridgehead atoms. The molecular formula is C68H126O6. The normalized spacial score (nSPS) is 12.2. The second-order valence-electron chi connectivity index (χ2n) is 22.4. The minimum Gasteiger partial charge on any atom is -0.462 e. The summed E-state index contributed by atoms with van der Waals surface area (Å²) in [6, 6.07) is 0. The highest BCUT2D eigenvalue weighted by Gasteiger charge is 2.19. The second kappa shape index (κ2) is 63.2. The first-order chi connectivity index (χ1) is 36.5. The molecule has 0 aliphatic rings. The summed E-state index contributed by atoms with van der Waals surface area (Å²) in [7, 11) is 0. The molecule has 6 heteroatoms. The van der Waals surface area contributed by atoms with E-state index in [2.05, 4.69) is 57.2 Å². The summed E-state index contributed by atoms with van der Waals surface area (Å²) >= 11 is 0. The number of rotatable bonds is 61. The van der Waals surface area contributed by atoms with Crippen LogP contribution in [-0.2, 0) is 28.6 Å². The van der Waals surface area contributed by atoms with Gasteiger partial charge in [0.05, 0.1) is 0 Å². The number of hydrogen-bond acceptors (Lipinski definition) is 6. The van der Waals surface area contributed by atoms with Gasteiger partial charge in [-0.15, -0.1) is 0 Å². The van der Waals surface area contributed by atoms with Gasteiger partial charge in [0.1, 0.15) is 13.2 Å². The molecule has 0 radical (unpaired) electrons. The maximum atomic E-state index is 12.9. The number of unbranched alkanes of at least 4 members (excludes halogenated alkanes) is 44. The van der Waals surface area contributed by atoms with Crippen LogP contribution in [0.2, 0.25) is 0 Å². The molecule has 0 aromatic rings. The van der Waals surface area contributed by atoms with Crippen molar-refractivity contribution in [2.75, 3.05) is 13.2 Å². The lowest BCUT2D eigenvalue weighted by Crippen LogP contribution is -2.30. The summed E-state index contributed by atoms with van der Waals surface area (Å²) in [5.74, 6) is -0.863. The third-order valence-corrected chi connectivity index (χ3v) is 14.8. The molecule has 0 amide bonds. The van der Waals surface area contributed by atoms with Crippen LogP contribution in [0.4, 0.5) is 0 Å². The fourth-order valence-electron chi connectivity index (χ4n) is 9.89. The number of hydrogen-bond donors (Lipinski definition) is 0. The first-order valence-corrected chi connectivity index (χ1v) is 33.0. The Morgan fingerprint density at radius 3 is 0.811 bits per heavy atom. The minimum absolute atomic E-state index is 0.0728. The minimum atomic E-state index is -0.776. The van der Waals surface area contributed by atoms with E-state index in [1.807, 2.05) is 0 Å². The molecule has 0 spiro atoms. The van der Waals surface area contributed by atoms with Gasteiger partial charge in [-0.1, -0.05) is 308 Å². The molecule has 0 N–H and O–H groups in total. The molecule has 0 aromatic carbocycles. The number of esters is 3. The Morgan fingerprint density at radius 2 is 0.514 bits per heavy atom. The number of ether oxygens (including phenoxy) is 3. The van der Waals surface area contributed by atoms with Gasteiger partial charge in [0, 0.05) is 19.3 Å². The van der Waals surface area contributed by atoms with Crippen molar-refractivity contribution in [3.8, 4) is 0 Å². The van der Waals surface area contributed by atoms with Gasteiger partial charge in [-0.25, -0.2) is 0 Å². The third-order valence-electron chi connectivity index (χ3n) is 14.8. The summed E-state index contributed by atoms with van der Waals surface area (Å²) in [4.78, 5) is 38.3. The van der Waals surface area contributed by atoms with Gasteiger partial charge in [-0.2, -0.15) is 0 Å². The molecule has 0 aromatic heterocycles. The summed E-state index contributed by atoms with van der Waals surface area (Å²) in [5, 5.41) is 0. The van der Waals surface area contributed by atoms with Gasteiger partial charge in [0.25, 0.3) is 0 Å². The zero-order valence-corrected chi connectivity index (χ0v) is 49.9. The summed E-state index contributed by atoms with van der Waals surface area (Å²) in [6.45, 7) is 6.63.